The summed E-state index contributed by atoms with van der Waals surface area (Å²) in [6.45, 7) is 4.99. The number of nitrogens with zero attached hydrogens (tertiary/aromatic N) is 2. The van der Waals surface area contributed by atoms with Gasteiger partial charge in [-0.05, 0) is 79.1 Å². The van der Waals surface area contributed by atoms with Gasteiger partial charge in [0.2, 0.25) is 0 Å². The van der Waals surface area contributed by atoms with Crippen LogP contribution >= 0.6 is 0 Å². The first-order valence-electron chi connectivity index (χ1n) is 10.2. The Morgan fingerprint density at radius 1 is 0.960 bits per heavy atom. The smallest absolute Gasteiger partial charge is 0.161 e. The molecule has 6 unspecified atom stereocenters. The van der Waals surface area contributed by atoms with Gasteiger partial charge in [-0.2, -0.15) is 0 Å². The monoisotopic (exact) mass is 338 g/mol. The molecule has 1 aliphatic heterocycles. The minimum Gasteiger partial charge on any atom is -0.393 e. The second-order valence-corrected chi connectivity index (χ2v) is 9.48. The first-order valence-corrected chi connectivity index (χ1v) is 10.2. The molecule has 3 nitrogen and oxygen atoms in total. The highest BCUT2D eigenvalue weighted by molar-refractivity contribution is 6.17. The fourth-order valence-electron chi connectivity index (χ4n) is 7.08. The van der Waals surface area contributed by atoms with E-state index in [1.807, 2.05) is 12.4 Å². The van der Waals surface area contributed by atoms with Crippen LogP contribution in [0.1, 0.15) is 58.8 Å². The molecule has 134 valence electrons. The van der Waals surface area contributed by atoms with E-state index in [0.29, 0.717) is 5.41 Å². The molecule has 25 heavy (non-hydrogen) atoms. The van der Waals surface area contributed by atoms with Crippen LogP contribution in [0, 0.1) is 28.6 Å². The molecular weight excluding hydrogens is 308 g/mol. The average molecular weight is 338 g/mol. The quantitative estimate of drug-likeness (QED) is 0.711. The SMILES string of the molecule is CC12CCC(O)CC1=CCC1C2CCC2(C)C(C3N=CC=N3)=CCC12. The molecule has 1 N–H and O–H groups in total. The highest BCUT2D eigenvalue weighted by Crippen LogP contribution is 2.65. The molecule has 2 saturated carbocycles. The van der Waals surface area contributed by atoms with Crippen LogP contribution in [-0.2, 0) is 0 Å². The van der Waals surface area contributed by atoms with Crippen molar-refractivity contribution in [3.63, 3.8) is 0 Å². The van der Waals surface area contributed by atoms with Gasteiger partial charge in [0.1, 0.15) is 0 Å². The van der Waals surface area contributed by atoms with Crippen LogP contribution < -0.4 is 0 Å². The number of fused-ring (bicyclic) bond motifs is 5. The van der Waals surface area contributed by atoms with E-state index in [1.165, 1.54) is 37.7 Å². The van der Waals surface area contributed by atoms with Gasteiger partial charge in [0.05, 0.1) is 6.10 Å². The van der Waals surface area contributed by atoms with Crippen molar-refractivity contribution in [3.05, 3.63) is 23.3 Å². The molecule has 0 spiro atoms. The van der Waals surface area contributed by atoms with Gasteiger partial charge in [-0.3, -0.25) is 9.98 Å². The number of aliphatic hydroxyl groups excluding tert-OH is 1. The van der Waals surface area contributed by atoms with E-state index < -0.39 is 0 Å². The normalized spacial score (nSPS) is 48.6. The lowest BCUT2D eigenvalue weighted by Gasteiger charge is -2.57. The van der Waals surface area contributed by atoms with E-state index in [0.717, 1.165) is 30.6 Å². The minimum atomic E-state index is -0.109. The van der Waals surface area contributed by atoms with Crippen molar-refractivity contribution in [1.29, 1.82) is 0 Å². The van der Waals surface area contributed by atoms with Crippen molar-refractivity contribution in [3.8, 4) is 0 Å². The number of aliphatic imine (C=N–C) groups is 2. The van der Waals surface area contributed by atoms with Crippen LogP contribution in [0.2, 0.25) is 0 Å². The molecule has 4 aliphatic carbocycles. The van der Waals surface area contributed by atoms with Crippen molar-refractivity contribution in [2.45, 2.75) is 71.1 Å². The van der Waals surface area contributed by atoms with E-state index in [-0.39, 0.29) is 17.7 Å². The Kier molecular flexibility index (Phi) is 3.45. The number of hydrogen-bond donors (Lipinski definition) is 1. The molecule has 3 heteroatoms. The van der Waals surface area contributed by atoms with E-state index in [2.05, 4.69) is 36.0 Å². The summed E-state index contributed by atoms with van der Waals surface area (Å²) < 4.78 is 0. The number of aliphatic hydroxyl groups is 1. The third-order valence-corrected chi connectivity index (χ3v) is 8.52. The highest BCUT2D eigenvalue weighted by Gasteiger charge is 2.57. The van der Waals surface area contributed by atoms with Crippen molar-refractivity contribution >= 4 is 12.4 Å². The topological polar surface area (TPSA) is 45.0 Å². The van der Waals surface area contributed by atoms with E-state index in [4.69, 9.17) is 0 Å². The fourth-order valence-corrected chi connectivity index (χ4v) is 7.08. The summed E-state index contributed by atoms with van der Waals surface area (Å²) in [4.78, 5) is 9.18. The van der Waals surface area contributed by atoms with E-state index in [9.17, 15) is 5.11 Å². The molecule has 5 aliphatic rings. The summed E-state index contributed by atoms with van der Waals surface area (Å²) in [6, 6.07) is 0. The molecule has 5 rings (SSSR count). The second-order valence-electron chi connectivity index (χ2n) is 9.48. The summed E-state index contributed by atoms with van der Waals surface area (Å²) in [5, 5.41) is 10.1. The van der Waals surface area contributed by atoms with Gasteiger partial charge in [-0.15, -0.1) is 0 Å². The second kappa shape index (κ2) is 5.39. The zero-order chi connectivity index (χ0) is 17.2. The Balaban J connectivity index is 1.46. The zero-order valence-corrected chi connectivity index (χ0v) is 15.5. The predicted octanol–water partition coefficient (Wildman–Crippen LogP) is 4.33. The van der Waals surface area contributed by atoms with Gasteiger partial charge >= 0.3 is 0 Å². The highest BCUT2D eigenvalue weighted by atomic mass is 16.3. The number of allylic oxidation sites excluding steroid dienone is 2. The molecular formula is C22H30N2O. The lowest BCUT2D eigenvalue weighted by Crippen LogP contribution is -2.50. The van der Waals surface area contributed by atoms with Crippen LogP contribution in [0.15, 0.2) is 33.3 Å². The first kappa shape index (κ1) is 16.0. The molecule has 0 bridgehead atoms. The Bertz CT molecular complexity index is 693. The van der Waals surface area contributed by atoms with Crippen LogP contribution in [0.4, 0.5) is 0 Å². The standard InChI is InChI=1S/C22H30N2O/c1-21-9-7-15(25)13-14(21)3-4-16-17-5-6-19(20-23-11-12-24-20)22(17,2)10-8-18(16)21/h3,6,11-12,15-18,20,25H,4-5,7-10,13H2,1-2H3. The van der Waals surface area contributed by atoms with Gasteiger partial charge in [0.25, 0.3) is 0 Å². The summed E-state index contributed by atoms with van der Waals surface area (Å²) >= 11 is 0. The van der Waals surface area contributed by atoms with Gasteiger partial charge in [-0.1, -0.05) is 31.6 Å². The molecule has 0 aromatic heterocycles. The van der Waals surface area contributed by atoms with Crippen LogP contribution in [0.5, 0.6) is 0 Å². The lowest BCUT2D eigenvalue weighted by atomic mass is 9.47. The van der Waals surface area contributed by atoms with Crippen molar-refractivity contribution in [1.82, 2.24) is 0 Å². The Morgan fingerprint density at radius 2 is 1.72 bits per heavy atom. The third kappa shape index (κ3) is 2.14. The summed E-state index contributed by atoms with van der Waals surface area (Å²) in [7, 11) is 0. The van der Waals surface area contributed by atoms with Crippen molar-refractivity contribution < 1.29 is 5.11 Å². The Morgan fingerprint density at radius 3 is 2.52 bits per heavy atom. The maximum absolute atomic E-state index is 10.1. The lowest BCUT2D eigenvalue weighted by molar-refractivity contribution is -0.0304. The van der Waals surface area contributed by atoms with Gasteiger partial charge < -0.3 is 5.11 Å². The fraction of sp³-hybridized carbons (Fsp3) is 0.727. The third-order valence-electron chi connectivity index (χ3n) is 8.52. The summed E-state index contributed by atoms with van der Waals surface area (Å²) in [5.41, 5.74) is 3.66. The van der Waals surface area contributed by atoms with Crippen molar-refractivity contribution in [2.24, 2.45) is 38.6 Å². The maximum Gasteiger partial charge on any atom is 0.161 e. The van der Waals surface area contributed by atoms with Crippen LogP contribution in [0.3, 0.4) is 0 Å². The average Bonchev–Trinajstić information content (AvgIpc) is 3.22. The molecule has 0 aromatic rings. The number of hydrogen-bond acceptors (Lipinski definition) is 3. The molecule has 2 fully saturated rings. The Labute approximate surface area is 151 Å². The maximum atomic E-state index is 10.1. The molecule has 0 saturated heterocycles. The van der Waals surface area contributed by atoms with Crippen molar-refractivity contribution in [2.75, 3.05) is 0 Å². The van der Waals surface area contributed by atoms with Crippen LogP contribution in [0.25, 0.3) is 0 Å². The first-order chi connectivity index (χ1) is 12.0. The van der Waals surface area contributed by atoms with Gasteiger partial charge in [-0.25, -0.2) is 0 Å². The summed E-state index contributed by atoms with van der Waals surface area (Å²) in [6.07, 6.45) is 16.7. The van der Waals surface area contributed by atoms with Crippen LogP contribution in [-0.4, -0.2) is 29.8 Å². The van der Waals surface area contributed by atoms with E-state index >= 15 is 0 Å². The largest absolute Gasteiger partial charge is 0.393 e. The van der Waals surface area contributed by atoms with Gasteiger partial charge in [0, 0.05) is 12.4 Å². The minimum absolute atomic E-state index is 0.0571. The molecule has 0 radical (unpaired) electrons. The summed E-state index contributed by atoms with van der Waals surface area (Å²) in [5.74, 6) is 2.32. The molecule has 0 aromatic carbocycles. The predicted molar refractivity (Wildman–Crippen MR) is 102 cm³/mol. The molecule has 0 amide bonds. The Hall–Kier alpha value is -1.22. The number of rotatable bonds is 1. The van der Waals surface area contributed by atoms with E-state index in [1.54, 1.807) is 5.57 Å². The molecule has 1 heterocycles. The zero-order valence-electron chi connectivity index (χ0n) is 15.5. The molecule has 6 atom stereocenters. The van der Waals surface area contributed by atoms with Gasteiger partial charge in [0.15, 0.2) is 6.17 Å².